The molecule has 1 aliphatic rings. The molecule has 0 saturated carbocycles. The highest BCUT2D eigenvalue weighted by Crippen LogP contribution is 2.34. The van der Waals surface area contributed by atoms with Gasteiger partial charge in [-0.3, -0.25) is 4.90 Å². The molecule has 20 heavy (non-hydrogen) atoms. The predicted molar refractivity (Wildman–Crippen MR) is 86.0 cm³/mol. The molecule has 2 rings (SSSR count). The van der Waals surface area contributed by atoms with Crippen molar-refractivity contribution < 1.29 is 4.74 Å². The van der Waals surface area contributed by atoms with E-state index < -0.39 is 0 Å². The van der Waals surface area contributed by atoms with Crippen molar-refractivity contribution in [2.45, 2.75) is 26.0 Å². The normalized spacial score (nSPS) is 24.1. The second-order valence-corrected chi connectivity index (χ2v) is 6.56. The van der Waals surface area contributed by atoms with Gasteiger partial charge in [-0.05, 0) is 39.5 Å². The van der Waals surface area contributed by atoms with Gasteiger partial charge in [0.15, 0.2) is 0 Å². The van der Waals surface area contributed by atoms with Crippen molar-refractivity contribution in [2.75, 3.05) is 19.7 Å². The lowest BCUT2D eigenvalue weighted by atomic mass is 9.91. The molecule has 0 bridgehead atoms. The molecule has 2 heterocycles. The highest BCUT2D eigenvalue weighted by molar-refractivity contribution is 9.10. The fourth-order valence-electron chi connectivity index (χ4n) is 2.83. The van der Waals surface area contributed by atoms with Crippen LogP contribution in [0.5, 0.6) is 0 Å². The molecule has 0 aromatic carbocycles. The summed E-state index contributed by atoms with van der Waals surface area (Å²) in [5.41, 5.74) is 1.07. The average Bonchev–Trinajstić information content (AvgIpc) is 2.37. The van der Waals surface area contributed by atoms with Crippen molar-refractivity contribution in [3.05, 3.63) is 40.1 Å². The number of ether oxygens (including phenoxy) is 1. The molecule has 0 radical (unpaired) electrons. The smallest absolute Gasteiger partial charge is 0.130 e. The summed E-state index contributed by atoms with van der Waals surface area (Å²) < 4.78 is 6.78. The summed E-state index contributed by atoms with van der Waals surface area (Å²) in [4.78, 5) is 6.58. The quantitative estimate of drug-likeness (QED) is 0.598. The minimum Gasteiger partial charge on any atom is -0.371 e. The van der Waals surface area contributed by atoms with Crippen molar-refractivity contribution in [1.29, 1.82) is 0 Å². The Balaban J connectivity index is 2.33. The molecule has 0 amide bonds. The van der Waals surface area contributed by atoms with E-state index in [0.29, 0.717) is 17.1 Å². The van der Waals surface area contributed by atoms with Crippen LogP contribution in [-0.4, -0.2) is 35.6 Å². The predicted octanol–water partition coefficient (Wildman–Crippen LogP) is 4.08. The number of hydrogen-bond donors (Lipinski definition) is 0. The summed E-state index contributed by atoms with van der Waals surface area (Å²) in [6, 6.07) is 4.19. The van der Waals surface area contributed by atoms with Crippen LogP contribution in [0.2, 0.25) is 5.15 Å². The van der Waals surface area contributed by atoms with E-state index in [0.717, 1.165) is 29.9 Å². The highest BCUT2D eigenvalue weighted by Gasteiger charge is 2.35. The molecule has 1 aromatic heterocycles. The molecule has 2 atom stereocenters. The van der Waals surface area contributed by atoms with Crippen LogP contribution in [0.15, 0.2) is 29.4 Å². The molecular formula is C15H20BrClN2O. The van der Waals surface area contributed by atoms with Crippen LogP contribution in [0.1, 0.15) is 25.5 Å². The first-order valence-corrected chi connectivity index (χ1v) is 7.99. The van der Waals surface area contributed by atoms with Crippen LogP contribution < -0.4 is 0 Å². The molecule has 0 aliphatic carbocycles. The SMILES string of the molecule is C=CCN1CCO[C@@H](c2cc(Cl)nc(Br)c2)[C@@H]1C(C)C. The van der Waals surface area contributed by atoms with E-state index in [1.807, 2.05) is 18.2 Å². The second-order valence-electron chi connectivity index (χ2n) is 5.36. The van der Waals surface area contributed by atoms with Gasteiger partial charge in [0.1, 0.15) is 9.76 Å². The molecule has 110 valence electrons. The minimum atomic E-state index is 0.0144. The molecule has 0 unspecified atom stereocenters. The van der Waals surface area contributed by atoms with Gasteiger partial charge in [-0.2, -0.15) is 0 Å². The van der Waals surface area contributed by atoms with Crippen LogP contribution in [0.25, 0.3) is 0 Å². The standard InChI is InChI=1S/C15H20BrClN2O/c1-4-5-19-6-7-20-15(14(19)10(2)3)11-8-12(16)18-13(17)9-11/h4,8-10,14-15H,1,5-7H2,2-3H3/t14-,15-/m0/s1. The summed E-state index contributed by atoms with van der Waals surface area (Å²) in [7, 11) is 0. The fraction of sp³-hybridized carbons (Fsp3) is 0.533. The van der Waals surface area contributed by atoms with E-state index in [-0.39, 0.29) is 6.10 Å². The number of rotatable bonds is 4. The lowest BCUT2D eigenvalue weighted by Crippen LogP contribution is -2.49. The largest absolute Gasteiger partial charge is 0.371 e. The second kappa shape index (κ2) is 7.03. The Bertz CT molecular complexity index is 461. The molecule has 1 aromatic rings. The molecule has 1 fully saturated rings. The molecule has 1 saturated heterocycles. The lowest BCUT2D eigenvalue weighted by Gasteiger charge is -2.43. The molecule has 5 heteroatoms. The highest BCUT2D eigenvalue weighted by atomic mass is 79.9. The first-order valence-electron chi connectivity index (χ1n) is 6.82. The first kappa shape index (κ1) is 16.0. The van der Waals surface area contributed by atoms with Gasteiger partial charge in [0.25, 0.3) is 0 Å². The van der Waals surface area contributed by atoms with Crippen LogP contribution in [-0.2, 0) is 4.74 Å². The Morgan fingerprint density at radius 3 is 2.95 bits per heavy atom. The van der Waals surface area contributed by atoms with Gasteiger partial charge in [-0.15, -0.1) is 6.58 Å². The number of aromatic nitrogens is 1. The van der Waals surface area contributed by atoms with E-state index in [1.165, 1.54) is 0 Å². The Kier molecular flexibility index (Phi) is 5.61. The van der Waals surface area contributed by atoms with E-state index in [2.05, 4.69) is 46.2 Å². The third-order valence-electron chi connectivity index (χ3n) is 3.57. The van der Waals surface area contributed by atoms with Gasteiger partial charge in [0, 0.05) is 19.1 Å². The Morgan fingerprint density at radius 2 is 2.35 bits per heavy atom. The maximum absolute atomic E-state index is 6.07. The zero-order valence-corrected chi connectivity index (χ0v) is 14.2. The molecule has 1 aliphatic heterocycles. The maximum atomic E-state index is 6.07. The van der Waals surface area contributed by atoms with Crippen molar-refractivity contribution in [3.8, 4) is 0 Å². The third kappa shape index (κ3) is 3.61. The van der Waals surface area contributed by atoms with E-state index in [4.69, 9.17) is 16.3 Å². The fourth-order valence-corrected chi connectivity index (χ4v) is 3.60. The minimum absolute atomic E-state index is 0.0144. The number of morpholine rings is 1. The summed E-state index contributed by atoms with van der Waals surface area (Å²) in [6.07, 6.45) is 1.97. The number of halogens is 2. The third-order valence-corrected chi connectivity index (χ3v) is 4.17. The van der Waals surface area contributed by atoms with Gasteiger partial charge in [0.05, 0.1) is 12.7 Å². The van der Waals surface area contributed by atoms with Gasteiger partial charge in [0.2, 0.25) is 0 Å². The van der Waals surface area contributed by atoms with E-state index in [9.17, 15) is 0 Å². The van der Waals surface area contributed by atoms with Crippen molar-refractivity contribution in [3.63, 3.8) is 0 Å². The molecule has 3 nitrogen and oxygen atoms in total. The topological polar surface area (TPSA) is 25.4 Å². The maximum Gasteiger partial charge on any atom is 0.130 e. The van der Waals surface area contributed by atoms with Gasteiger partial charge < -0.3 is 4.74 Å². The molecular weight excluding hydrogens is 340 g/mol. The lowest BCUT2D eigenvalue weighted by molar-refractivity contribution is -0.0840. The zero-order valence-electron chi connectivity index (χ0n) is 11.9. The van der Waals surface area contributed by atoms with E-state index >= 15 is 0 Å². The van der Waals surface area contributed by atoms with Gasteiger partial charge >= 0.3 is 0 Å². The van der Waals surface area contributed by atoms with Crippen molar-refractivity contribution in [2.24, 2.45) is 5.92 Å². The monoisotopic (exact) mass is 358 g/mol. The number of pyridine rings is 1. The van der Waals surface area contributed by atoms with Crippen LogP contribution in [0.4, 0.5) is 0 Å². The van der Waals surface area contributed by atoms with Gasteiger partial charge in [-0.25, -0.2) is 4.98 Å². The van der Waals surface area contributed by atoms with Crippen LogP contribution >= 0.6 is 27.5 Å². The number of hydrogen-bond acceptors (Lipinski definition) is 3. The van der Waals surface area contributed by atoms with E-state index in [1.54, 1.807) is 0 Å². The summed E-state index contributed by atoms with van der Waals surface area (Å²) in [6.45, 7) is 10.8. The summed E-state index contributed by atoms with van der Waals surface area (Å²) in [5.74, 6) is 0.478. The first-order chi connectivity index (χ1) is 9.52. The van der Waals surface area contributed by atoms with Crippen LogP contribution in [0, 0.1) is 5.92 Å². The average molecular weight is 360 g/mol. The zero-order chi connectivity index (χ0) is 14.7. The van der Waals surface area contributed by atoms with Crippen molar-refractivity contribution in [1.82, 2.24) is 9.88 Å². The Labute approximate surface area is 134 Å². The van der Waals surface area contributed by atoms with Gasteiger partial charge in [-0.1, -0.05) is 31.5 Å². The van der Waals surface area contributed by atoms with Crippen LogP contribution in [0.3, 0.4) is 0 Å². The molecule has 0 N–H and O–H groups in total. The molecule has 0 spiro atoms. The number of nitrogens with zero attached hydrogens (tertiary/aromatic N) is 2. The summed E-state index contributed by atoms with van der Waals surface area (Å²) >= 11 is 9.47. The van der Waals surface area contributed by atoms with Crippen molar-refractivity contribution >= 4 is 27.5 Å². The summed E-state index contributed by atoms with van der Waals surface area (Å²) in [5, 5.41) is 0.487. The Morgan fingerprint density at radius 1 is 1.60 bits per heavy atom. The Hall–Kier alpha value is -0.420.